The second-order valence-corrected chi connectivity index (χ2v) is 2.89. The fourth-order valence-electron chi connectivity index (χ4n) is 1.12. The second kappa shape index (κ2) is 4.47. The standard InChI is InChI=1S/C12H12O/c1-3-5-12(13)11-8-6-10(4-2)7-9-11/h2,6-9H,3,5H2,1H3. The Morgan fingerprint density at radius 2 is 2.00 bits per heavy atom. The van der Waals surface area contributed by atoms with Crippen LogP contribution in [-0.2, 0) is 0 Å². The Labute approximate surface area is 78.8 Å². The Balaban J connectivity index is 2.81. The van der Waals surface area contributed by atoms with Crippen molar-refractivity contribution in [2.75, 3.05) is 0 Å². The minimum absolute atomic E-state index is 0.186. The van der Waals surface area contributed by atoms with Crippen LogP contribution in [0.4, 0.5) is 0 Å². The average Bonchev–Trinajstić information content (AvgIpc) is 2.18. The lowest BCUT2D eigenvalue weighted by Crippen LogP contribution is -1.97. The Bertz CT molecular complexity index is 327. The first-order chi connectivity index (χ1) is 6.27. The SMILES string of the molecule is C#Cc1ccc(C(=O)CCC)cc1. The van der Waals surface area contributed by atoms with Crippen LogP contribution < -0.4 is 0 Å². The smallest absolute Gasteiger partial charge is 0.162 e. The zero-order valence-corrected chi connectivity index (χ0v) is 7.71. The molecule has 1 nitrogen and oxygen atoms in total. The molecule has 0 aliphatic heterocycles. The van der Waals surface area contributed by atoms with Crippen molar-refractivity contribution in [1.82, 2.24) is 0 Å². The van der Waals surface area contributed by atoms with Crippen LogP contribution in [0.1, 0.15) is 35.7 Å². The van der Waals surface area contributed by atoms with Gasteiger partial charge in [0.1, 0.15) is 0 Å². The third-order valence-electron chi connectivity index (χ3n) is 1.85. The molecule has 0 bridgehead atoms. The van der Waals surface area contributed by atoms with Crippen molar-refractivity contribution in [3.63, 3.8) is 0 Å². The molecule has 1 heteroatoms. The Hall–Kier alpha value is -1.55. The number of terminal acetylenes is 1. The number of Topliss-reactive ketones (excluding diaryl/α,β-unsaturated/α-hetero) is 1. The molecule has 0 unspecified atom stereocenters. The lowest BCUT2D eigenvalue weighted by atomic mass is 10.1. The summed E-state index contributed by atoms with van der Waals surface area (Å²) in [7, 11) is 0. The molecule has 1 aromatic rings. The summed E-state index contributed by atoms with van der Waals surface area (Å²) in [6.45, 7) is 1.99. The predicted molar refractivity (Wildman–Crippen MR) is 53.6 cm³/mol. The van der Waals surface area contributed by atoms with Crippen molar-refractivity contribution in [3.05, 3.63) is 35.4 Å². The van der Waals surface area contributed by atoms with Crippen LogP contribution in [-0.4, -0.2) is 5.78 Å². The van der Waals surface area contributed by atoms with E-state index in [2.05, 4.69) is 5.92 Å². The van der Waals surface area contributed by atoms with Crippen LogP contribution >= 0.6 is 0 Å². The zero-order chi connectivity index (χ0) is 9.68. The van der Waals surface area contributed by atoms with Crippen LogP contribution in [0.3, 0.4) is 0 Å². The van der Waals surface area contributed by atoms with E-state index >= 15 is 0 Å². The van der Waals surface area contributed by atoms with E-state index < -0.39 is 0 Å². The molecule has 0 saturated heterocycles. The molecule has 0 radical (unpaired) electrons. The molecule has 0 N–H and O–H groups in total. The molecular weight excluding hydrogens is 160 g/mol. The van der Waals surface area contributed by atoms with Gasteiger partial charge in [0.25, 0.3) is 0 Å². The van der Waals surface area contributed by atoms with Crippen molar-refractivity contribution < 1.29 is 4.79 Å². The highest BCUT2D eigenvalue weighted by Gasteiger charge is 2.02. The molecule has 0 atom stereocenters. The summed E-state index contributed by atoms with van der Waals surface area (Å²) < 4.78 is 0. The van der Waals surface area contributed by atoms with E-state index in [0.29, 0.717) is 6.42 Å². The normalized spacial score (nSPS) is 9.23. The van der Waals surface area contributed by atoms with Crippen LogP contribution in [0, 0.1) is 12.3 Å². The molecule has 0 aliphatic rings. The van der Waals surface area contributed by atoms with Gasteiger partial charge in [0, 0.05) is 17.5 Å². The summed E-state index contributed by atoms with van der Waals surface area (Å²) in [6, 6.07) is 7.16. The van der Waals surface area contributed by atoms with Gasteiger partial charge in [-0.2, -0.15) is 0 Å². The van der Waals surface area contributed by atoms with Gasteiger partial charge in [-0.25, -0.2) is 0 Å². The predicted octanol–water partition coefficient (Wildman–Crippen LogP) is 2.65. The minimum Gasteiger partial charge on any atom is -0.294 e. The van der Waals surface area contributed by atoms with Gasteiger partial charge in [0.2, 0.25) is 0 Å². The third-order valence-corrected chi connectivity index (χ3v) is 1.85. The summed E-state index contributed by atoms with van der Waals surface area (Å²) in [5.74, 6) is 2.70. The lowest BCUT2D eigenvalue weighted by Gasteiger charge is -1.98. The molecule has 13 heavy (non-hydrogen) atoms. The van der Waals surface area contributed by atoms with Gasteiger partial charge in [-0.15, -0.1) is 6.42 Å². The highest BCUT2D eigenvalue weighted by molar-refractivity contribution is 5.96. The van der Waals surface area contributed by atoms with Crippen molar-refractivity contribution in [2.45, 2.75) is 19.8 Å². The van der Waals surface area contributed by atoms with E-state index in [4.69, 9.17) is 6.42 Å². The van der Waals surface area contributed by atoms with Crippen LogP contribution in [0.5, 0.6) is 0 Å². The van der Waals surface area contributed by atoms with Crippen molar-refractivity contribution in [1.29, 1.82) is 0 Å². The highest BCUT2D eigenvalue weighted by Crippen LogP contribution is 2.07. The van der Waals surface area contributed by atoms with E-state index in [1.54, 1.807) is 24.3 Å². The number of ketones is 1. The molecule has 0 heterocycles. The van der Waals surface area contributed by atoms with Gasteiger partial charge in [0.05, 0.1) is 0 Å². The quantitative estimate of drug-likeness (QED) is 0.506. The van der Waals surface area contributed by atoms with E-state index in [-0.39, 0.29) is 5.78 Å². The lowest BCUT2D eigenvalue weighted by molar-refractivity contribution is 0.0982. The summed E-state index contributed by atoms with van der Waals surface area (Å²) in [6.07, 6.45) is 6.69. The van der Waals surface area contributed by atoms with Crippen LogP contribution in [0.15, 0.2) is 24.3 Å². The van der Waals surface area contributed by atoms with Gasteiger partial charge < -0.3 is 0 Å². The van der Waals surface area contributed by atoms with Gasteiger partial charge >= 0.3 is 0 Å². The molecule has 1 aromatic carbocycles. The first-order valence-corrected chi connectivity index (χ1v) is 4.37. The Kier molecular flexibility index (Phi) is 3.28. The molecule has 66 valence electrons. The van der Waals surface area contributed by atoms with E-state index in [9.17, 15) is 4.79 Å². The zero-order valence-electron chi connectivity index (χ0n) is 7.71. The van der Waals surface area contributed by atoms with E-state index in [1.807, 2.05) is 6.92 Å². The van der Waals surface area contributed by atoms with Crippen LogP contribution in [0.2, 0.25) is 0 Å². The summed E-state index contributed by atoms with van der Waals surface area (Å²) in [5, 5.41) is 0. The fourth-order valence-corrected chi connectivity index (χ4v) is 1.12. The first-order valence-electron chi connectivity index (χ1n) is 4.37. The van der Waals surface area contributed by atoms with E-state index in [0.717, 1.165) is 17.5 Å². The molecule has 0 spiro atoms. The monoisotopic (exact) mass is 172 g/mol. The number of benzene rings is 1. The number of hydrogen-bond acceptors (Lipinski definition) is 1. The van der Waals surface area contributed by atoms with Gasteiger partial charge in [-0.1, -0.05) is 25.0 Å². The molecular formula is C12H12O. The van der Waals surface area contributed by atoms with Gasteiger partial charge in [-0.3, -0.25) is 4.79 Å². The fraction of sp³-hybridized carbons (Fsp3) is 0.250. The molecule has 0 aromatic heterocycles. The minimum atomic E-state index is 0.186. The molecule has 0 aliphatic carbocycles. The maximum atomic E-state index is 11.4. The molecule has 0 fully saturated rings. The number of carbonyl (C=O) groups is 1. The van der Waals surface area contributed by atoms with E-state index in [1.165, 1.54) is 0 Å². The molecule has 0 saturated carbocycles. The maximum absolute atomic E-state index is 11.4. The highest BCUT2D eigenvalue weighted by atomic mass is 16.1. The number of hydrogen-bond donors (Lipinski definition) is 0. The van der Waals surface area contributed by atoms with Gasteiger partial charge in [0.15, 0.2) is 5.78 Å². The second-order valence-electron chi connectivity index (χ2n) is 2.89. The van der Waals surface area contributed by atoms with Crippen molar-refractivity contribution in [3.8, 4) is 12.3 Å². The van der Waals surface area contributed by atoms with Gasteiger partial charge in [-0.05, 0) is 18.6 Å². The number of rotatable bonds is 3. The van der Waals surface area contributed by atoms with Crippen molar-refractivity contribution >= 4 is 5.78 Å². The maximum Gasteiger partial charge on any atom is 0.162 e. The third kappa shape index (κ3) is 2.45. The summed E-state index contributed by atoms with van der Waals surface area (Å²) in [5.41, 5.74) is 1.56. The first kappa shape index (κ1) is 9.54. The Morgan fingerprint density at radius 1 is 1.38 bits per heavy atom. The topological polar surface area (TPSA) is 17.1 Å². The summed E-state index contributed by atoms with van der Waals surface area (Å²) >= 11 is 0. The average molecular weight is 172 g/mol. The Morgan fingerprint density at radius 3 is 2.46 bits per heavy atom. The summed E-state index contributed by atoms with van der Waals surface area (Å²) in [4.78, 5) is 11.4. The van der Waals surface area contributed by atoms with Crippen LogP contribution in [0.25, 0.3) is 0 Å². The molecule has 0 amide bonds. The van der Waals surface area contributed by atoms with Crippen molar-refractivity contribution in [2.24, 2.45) is 0 Å². The molecule has 1 rings (SSSR count). The largest absolute Gasteiger partial charge is 0.294 e. The number of carbonyl (C=O) groups excluding carboxylic acids is 1.